The molecule has 1 amide bonds. The van der Waals surface area contributed by atoms with Crippen molar-refractivity contribution in [3.8, 4) is 0 Å². The Morgan fingerprint density at radius 2 is 1.77 bits per heavy atom. The molecule has 6 nitrogen and oxygen atoms in total. The molecule has 1 aromatic carbocycles. The number of nitrogens with zero attached hydrogens (tertiary/aromatic N) is 2. The molecular formula is C20H33N5O. The highest BCUT2D eigenvalue weighted by Crippen LogP contribution is 2.14. The van der Waals surface area contributed by atoms with Gasteiger partial charge in [0.2, 0.25) is 5.91 Å². The highest BCUT2D eigenvalue weighted by Gasteiger charge is 2.24. The van der Waals surface area contributed by atoms with E-state index in [1.807, 2.05) is 20.8 Å². The van der Waals surface area contributed by atoms with Crippen LogP contribution in [-0.2, 0) is 17.9 Å². The minimum Gasteiger partial charge on any atom is -0.369 e. The summed E-state index contributed by atoms with van der Waals surface area (Å²) in [6, 6.07) is 8.68. The molecule has 2 rings (SSSR count). The molecule has 0 aromatic heterocycles. The Morgan fingerprint density at radius 3 is 2.35 bits per heavy atom. The Labute approximate surface area is 157 Å². The lowest BCUT2D eigenvalue weighted by Gasteiger charge is -2.22. The number of likely N-dealkylation sites (tertiary alicyclic amines) is 1. The zero-order valence-corrected chi connectivity index (χ0v) is 16.3. The van der Waals surface area contributed by atoms with Gasteiger partial charge >= 0.3 is 0 Å². The molecule has 4 N–H and O–H groups in total. The second-order valence-corrected chi connectivity index (χ2v) is 7.60. The summed E-state index contributed by atoms with van der Waals surface area (Å²) in [4.78, 5) is 18.6. The van der Waals surface area contributed by atoms with Gasteiger partial charge in [-0.15, -0.1) is 0 Å². The number of carbonyl (C=O) groups excluding carboxylic acids is 1. The number of rotatable bonds is 8. The van der Waals surface area contributed by atoms with Crippen LogP contribution in [-0.4, -0.2) is 42.9 Å². The van der Waals surface area contributed by atoms with Gasteiger partial charge in [-0.1, -0.05) is 24.3 Å². The van der Waals surface area contributed by atoms with E-state index in [-0.39, 0.29) is 5.91 Å². The van der Waals surface area contributed by atoms with Crippen molar-refractivity contribution < 1.29 is 4.79 Å². The second-order valence-electron chi connectivity index (χ2n) is 7.60. The summed E-state index contributed by atoms with van der Waals surface area (Å²) < 4.78 is 0. The third-order valence-corrected chi connectivity index (χ3v) is 4.76. The molecule has 1 heterocycles. The Kier molecular flexibility index (Phi) is 7.45. The number of nitrogens with one attached hydrogen (secondary N) is 2. The van der Waals surface area contributed by atoms with Crippen molar-refractivity contribution in [3.63, 3.8) is 0 Å². The van der Waals surface area contributed by atoms with E-state index in [9.17, 15) is 4.79 Å². The van der Waals surface area contributed by atoms with Crippen LogP contribution in [0.15, 0.2) is 29.3 Å². The van der Waals surface area contributed by atoms with E-state index in [1.165, 1.54) is 37.1 Å². The van der Waals surface area contributed by atoms with Crippen molar-refractivity contribution in [2.75, 3.05) is 26.2 Å². The molecular weight excluding hydrogens is 326 g/mol. The molecule has 6 heteroatoms. The molecule has 1 aliphatic rings. The van der Waals surface area contributed by atoms with Crippen LogP contribution in [0.4, 0.5) is 0 Å². The van der Waals surface area contributed by atoms with Crippen LogP contribution >= 0.6 is 0 Å². The molecule has 0 spiro atoms. The quantitative estimate of drug-likeness (QED) is 0.489. The number of aliphatic imine (C=N–C) groups is 1. The van der Waals surface area contributed by atoms with Gasteiger partial charge in [-0.05, 0) is 57.8 Å². The maximum atomic E-state index is 11.4. The van der Waals surface area contributed by atoms with E-state index in [4.69, 9.17) is 5.73 Å². The minimum atomic E-state index is -0.618. The van der Waals surface area contributed by atoms with Crippen LogP contribution in [0.3, 0.4) is 0 Å². The van der Waals surface area contributed by atoms with Crippen LogP contribution < -0.4 is 16.4 Å². The monoisotopic (exact) mass is 359 g/mol. The Bertz CT molecular complexity index is 603. The van der Waals surface area contributed by atoms with Crippen molar-refractivity contribution in [2.24, 2.45) is 16.1 Å². The molecule has 1 saturated heterocycles. The smallest absolute Gasteiger partial charge is 0.224 e. The van der Waals surface area contributed by atoms with Gasteiger partial charge in [0, 0.05) is 19.6 Å². The van der Waals surface area contributed by atoms with Crippen LogP contribution in [0.25, 0.3) is 0 Å². The summed E-state index contributed by atoms with van der Waals surface area (Å²) in [5.74, 6) is 0.373. The largest absolute Gasteiger partial charge is 0.369 e. The van der Waals surface area contributed by atoms with Crippen LogP contribution in [0.1, 0.15) is 44.7 Å². The lowest BCUT2D eigenvalue weighted by Crippen LogP contribution is -2.46. The first-order valence-electron chi connectivity index (χ1n) is 9.53. The van der Waals surface area contributed by atoms with Gasteiger partial charge in [0.15, 0.2) is 5.96 Å². The number of nitrogens with two attached hydrogens (primary N) is 1. The van der Waals surface area contributed by atoms with E-state index < -0.39 is 5.41 Å². The normalized spacial score (nSPS) is 15.9. The highest BCUT2D eigenvalue weighted by atomic mass is 16.1. The van der Waals surface area contributed by atoms with Crippen molar-refractivity contribution in [2.45, 2.75) is 46.7 Å². The second kappa shape index (κ2) is 9.57. The van der Waals surface area contributed by atoms with Crippen LogP contribution in [0.5, 0.6) is 0 Å². The molecule has 1 aromatic rings. The molecule has 0 radical (unpaired) electrons. The fourth-order valence-electron chi connectivity index (χ4n) is 2.85. The number of amides is 1. The Balaban J connectivity index is 1.90. The van der Waals surface area contributed by atoms with E-state index >= 15 is 0 Å². The fourth-order valence-corrected chi connectivity index (χ4v) is 2.85. The maximum absolute atomic E-state index is 11.4. The molecule has 1 fully saturated rings. The first-order valence-corrected chi connectivity index (χ1v) is 9.53. The third kappa shape index (κ3) is 6.33. The predicted octanol–water partition coefficient (Wildman–Crippen LogP) is 1.85. The highest BCUT2D eigenvalue weighted by molar-refractivity contribution is 5.83. The van der Waals surface area contributed by atoms with E-state index in [0.29, 0.717) is 19.0 Å². The number of benzene rings is 1. The van der Waals surface area contributed by atoms with E-state index in [0.717, 1.165) is 13.1 Å². The topological polar surface area (TPSA) is 82.8 Å². The summed E-state index contributed by atoms with van der Waals surface area (Å²) in [6.07, 6.45) is 2.64. The van der Waals surface area contributed by atoms with Gasteiger partial charge in [0.25, 0.3) is 0 Å². The number of hydrogen-bond acceptors (Lipinski definition) is 3. The first-order chi connectivity index (χ1) is 12.4. The minimum absolute atomic E-state index is 0.325. The molecule has 0 atom stereocenters. The number of guanidine groups is 1. The molecule has 1 aliphatic heterocycles. The van der Waals surface area contributed by atoms with Gasteiger partial charge in [-0.25, -0.2) is 4.99 Å². The van der Waals surface area contributed by atoms with Gasteiger partial charge < -0.3 is 16.4 Å². The van der Waals surface area contributed by atoms with Crippen molar-refractivity contribution in [3.05, 3.63) is 35.4 Å². The van der Waals surface area contributed by atoms with Crippen LogP contribution in [0, 0.1) is 5.41 Å². The predicted molar refractivity (Wildman–Crippen MR) is 107 cm³/mol. The zero-order chi connectivity index (χ0) is 19.0. The fraction of sp³-hybridized carbons (Fsp3) is 0.600. The van der Waals surface area contributed by atoms with Crippen molar-refractivity contribution >= 4 is 11.9 Å². The first kappa shape index (κ1) is 20.2. The Morgan fingerprint density at radius 1 is 1.15 bits per heavy atom. The number of hydrogen-bond donors (Lipinski definition) is 3. The summed E-state index contributed by atoms with van der Waals surface area (Å²) >= 11 is 0. The zero-order valence-electron chi connectivity index (χ0n) is 16.3. The average molecular weight is 360 g/mol. The molecule has 144 valence electrons. The standard InChI is InChI=1S/C20H33N5O/c1-4-22-19(24-15-20(2,3)18(21)26)23-13-16-7-9-17(10-8-16)14-25-11-5-6-12-25/h7-10H,4-6,11-15H2,1-3H3,(H2,21,26)(H2,22,23,24). The van der Waals surface area contributed by atoms with Gasteiger partial charge in [0.1, 0.15) is 0 Å². The van der Waals surface area contributed by atoms with E-state index in [2.05, 4.69) is 44.8 Å². The molecule has 0 saturated carbocycles. The summed E-state index contributed by atoms with van der Waals surface area (Å²) in [7, 11) is 0. The lowest BCUT2D eigenvalue weighted by molar-refractivity contribution is -0.125. The molecule has 0 unspecified atom stereocenters. The summed E-state index contributed by atoms with van der Waals surface area (Å²) in [5, 5.41) is 6.41. The number of primary amides is 1. The van der Waals surface area contributed by atoms with Crippen LogP contribution in [0.2, 0.25) is 0 Å². The summed E-state index contributed by atoms with van der Waals surface area (Å²) in [5.41, 5.74) is 7.33. The summed E-state index contributed by atoms with van der Waals surface area (Å²) in [6.45, 7) is 10.9. The average Bonchev–Trinajstić information content (AvgIpc) is 3.11. The van der Waals surface area contributed by atoms with Crippen molar-refractivity contribution in [1.29, 1.82) is 0 Å². The molecule has 0 bridgehead atoms. The molecule has 0 aliphatic carbocycles. The lowest BCUT2D eigenvalue weighted by atomic mass is 9.93. The molecule has 26 heavy (non-hydrogen) atoms. The van der Waals surface area contributed by atoms with Gasteiger partial charge in [0.05, 0.1) is 12.0 Å². The SMILES string of the molecule is CCNC(=NCc1ccc(CN2CCCC2)cc1)NCC(C)(C)C(N)=O. The third-order valence-electron chi connectivity index (χ3n) is 4.76. The van der Waals surface area contributed by atoms with Crippen molar-refractivity contribution in [1.82, 2.24) is 15.5 Å². The Hall–Kier alpha value is -2.08. The van der Waals surface area contributed by atoms with Gasteiger partial charge in [-0.3, -0.25) is 9.69 Å². The van der Waals surface area contributed by atoms with Gasteiger partial charge in [-0.2, -0.15) is 0 Å². The van der Waals surface area contributed by atoms with E-state index in [1.54, 1.807) is 0 Å². The maximum Gasteiger partial charge on any atom is 0.224 e. The number of carbonyl (C=O) groups is 1.